The smallest absolute Gasteiger partial charge is 0.0541 e. The first-order valence-corrected chi connectivity index (χ1v) is 18.3. The van der Waals surface area contributed by atoms with E-state index in [0.29, 0.717) is 11.2 Å². The molecular formula is C48H31NS. The van der Waals surface area contributed by atoms with Crippen LogP contribution in [0.3, 0.4) is 0 Å². The van der Waals surface area contributed by atoms with Crippen LogP contribution in [0.5, 0.6) is 0 Å². The number of para-hydroxylation sites is 1. The summed E-state index contributed by atoms with van der Waals surface area (Å²) in [7, 11) is 0. The van der Waals surface area contributed by atoms with Gasteiger partial charge in [0, 0.05) is 32.5 Å². The normalized spacial score (nSPS) is 16.8. The zero-order valence-corrected chi connectivity index (χ0v) is 28.1. The first kappa shape index (κ1) is 28.1. The molecule has 0 saturated heterocycles. The van der Waals surface area contributed by atoms with E-state index < -0.39 is 0 Å². The number of nitrogens with zero attached hydrogens (tertiary/aromatic N) is 1. The molecule has 1 aliphatic carbocycles. The second-order valence-electron chi connectivity index (χ2n) is 13.6. The van der Waals surface area contributed by atoms with Crippen molar-refractivity contribution in [3.8, 4) is 16.8 Å². The van der Waals surface area contributed by atoms with Crippen molar-refractivity contribution in [2.45, 2.75) is 16.1 Å². The second-order valence-corrected chi connectivity index (χ2v) is 14.8. The van der Waals surface area contributed by atoms with E-state index in [2.05, 4.69) is 181 Å². The van der Waals surface area contributed by atoms with Crippen LogP contribution >= 0.6 is 11.8 Å². The molecule has 9 aromatic rings. The fourth-order valence-electron chi connectivity index (χ4n) is 8.59. The first-order valence-electron chi connectivity index (χ1n) is 17.4. The fourth-order valence-corrected chi connectivity index (χ4v) is 9.91. The number of thioether (sulfide) groups is 1. The maximum Gasteiger partial charge on any atom is 0.0541 e. The highest BCUT2D eigenvalue weighted by Crippen LogP contribution is 2.49. The summed E-state index contributed by atoms with van der Waals surface area (Å²) in [6.45, 7) is 0. The van der Waals surface area contributed by atoms with Crippen molar-refractivity contribution in [1.29, 1.82) is 0 Å². The second kappa shape index (κ2) is 10.8. The van der Waals surface area contributed by atoms with Crippen LogP contribution in [0.4, 0.5) is 0 Å². The summed E-state index contributed by atoms with van der Waals surface area (Å²) in [6.07, 6.45) is 7.21. The molecule has 0 N–H and O–H groups in total. The van der Waals surface area contributed by atoms with Gasteiger partial charge < -0.3 is 4.57 Å². The van der Waals surface area contributed by atoms with Crippen LogP contribution < -0.4 is 0 Å². The molecule has 0 fully saturated rings. The average molecular weight is 654 g/mol. The van der Waals surface area contributed by atoms with Crippen molar-refractivity contribution in [2.24, 2.45) is 0 Å². The van der Waals surface area contributed by atoms with Gasteiger partial charge in [-0.25, -0.2) is 0 Å². The molecule has 2 heterocycles. The Kier molecular flexibility index (Phi) is 6.08. The molecule has 1 aromatic heterocycles. The quantitative estimate of drug-likeness (QED) is 0.172. The molecule has 0 saturated carbocycles. The van der Waals surface area contributed by atoms with Crippen LogP contribution in [-0.2, 0) is 0 Å². The van der Waals surface area contributed by atoms with Crippen LogP contribution in [0.1, 0.15) is 17.0 Å². The van der Waals surface area contributed by atoms with Gasteiger partial charge in [-0.2, -0.15) is 0 Å². The summed E-state index contributed by atoms with van der Waals surface area (Å²) in [6, 6.07) is 58.4. The topological polar surface area (TPSA) is 4.93 Å². The van der Waals surface area contributed by atoms with E-state index in [1.54, 1.807) is 0 Å². The predicted molar refractivity (Wildman–Crippen MR) is 215 cm³/mol. The van der Waals surface area contributed by atoms with Gasteiger partial charge in [-0.15, -0.1) is 11.8 Å². The maximum atomic E-state index is 2.48. The molecule has 0 spiro atoms. The Morgan fingerprint density at radius 2 is 1.08 bits per heavy atom. The highest BCUT2D eigenvalue weighted by atomic mass is 32.2. The Balaban J connectivity index is 1.05. The van der Waals surface area contributed by atoms with Crippen LogP contribution in [0.2, 0.25) is 0 Å². The number of aromatic nitrogens is 1. The minimum absolute atomic E-state index is 0.425. The van der Waals surface area contributed by atoms with Crippen molar-refractivity contribution < 1.29 is 0 Å². The van der Waals surface area contributed by atoms with E-state index in [-0.39, 0.29) is 0 Å². The van der Waals surface area contributed by atoms with E-state index in [4.69, 9.17) is 0 Å². The number of hydrogen-bond acceptors (Lipinski definition) is 1. The van der Waals surface area contributed by atoms with Gasteiger partial charge in [0.1, 0.15) is 0 Å². The van der Waals surface area contributed by atoms with Crippen molar-refractivity contribution in [2.75, 3.05) is 0 Å². The predicted octanol–water partition coefficient (Wildman–Crippen LogP) is 13.1. The van der Waals surface area contributed by atoms with E-state index >= 15 is 0 Å². The minimum atomic E-state index is 0.425. The molecule has 0 amide bonds. The summed E-state index contributed by atoms with van der Waals surface area (Å²) in [5.74, 6) is 0.425. The van der Waals surface area contributed by atoms with Crippen LogP contribution in [-0.4, -0.2) is 9.82 Å². The van der Waals surface area contributed by atoms with Gasteiger partial charge in [0.2, 0.25) is 0 Å². The van der Waals surface area contributed by atoms with Gasteiger partial charge in [0.05, 0.1) is 11.0 Å². The van der Waals surface area contributed by atoms with Gasteiger partial charge >= 0.3 is 0 Å². The standard InChI is InChI=1S/C48H31NS/c1-2-14-37-35(12-1)36-13-3-4-15-38(36)42-29-34(22-23-39(37)42)49-45-18-7-5-16-40(45)43-27-32(20-24-46(43)49)30-10-9-11-31(26-30)33-21-25-48-44(28-33)41-17-6-8-19-47(41)50-48/h1-29,44,48H. The average Bonchev–Trinajstić information content (AvgIpc) is 3.73. The van der Waals surface area contributed by atoms with Crippen LogP contribution in [0.15, 0.2) is 181 Å². The van der Waals surface area contributed by atoms with E-state index in [9.17, 15) is 0 Å². The molecule has 8 aromatic carbocycles. The molecular weight excluding hydrogens is 623 g/mol. The van der Waals surface area contributed by atoms with Gasteiger partial charge in [-0.1, -0.05) is 133 Å². The third-order valence-electron chi connectivity index (χ3n) is 10.9. The molecule has 1 aliphatic heterocycles. The minimum Gasteiger partial charge on any atom is -0.309 e. The Hall–Kier alpha value is -5.83. The van der Waals surface area contributed by atoms with Crippen molar-refractivity contribution in [3.63, 3.8) is 0 Å². The summed E-state index contributed by atoms with van der Waals surface area (Å²) in [5, 5.41) is 10.8. The molecule has 2 heteroatoms. The largest absolute Gasteiger partial charge is 0.309 e. The molecule has 2 unspecified atom stereocenters. The van der Waals surface area contributed by atoms with Gasteiger partial charge in [0.15, 0.2) is 0 Å². The molecule has 2 atom stereocenters. The SMILES string of the molecule is C1=CC2Sc3ccccc3C2C=C1c1cccc(-c2ccc3c(c2)c2ccccc2n3-c2ccc3c4ccccc4c4ccccc4c3c2)c1. The van der Waals surface area contributed by atoms with Crippen molar-refractivity contribution in [3.05, 3.63) is 187 Å². The lowest BCUT2D eigenvalue weighted by molar-refractivity contribution is 0.884. The Labute approximate surface area is 294 Å². The molecule has 234 valence electrons. The monoisotopic (exact) mass is 653 g/mol. The summed E-state index contributed by atoms with van der Waals surface area (Å²) < 4.78 is 2.44. The zero-order chi connectivity index (χ0) is 32.8. The van der Waals surface area contributed by atoms with Gasteiger partial charge in [0.25, 0.3) is 0 Å². The first-order chi connectivity index (χ1) is 24.8. The number of benzene rings is 8. The number of allylic oxidation sites excluding steroid dienone is 3. The third-order valence-corrected chi connectivity index (χ3v) is 12.3. The fraction of sp³-hybridized carbons (Fsp3) is 0.0417. The van der Waals surface area contributed by atoms with Crippen LogP contribution in [0, 0.1) is 0 Å². The molecule has 50 heavy (non-hydrogen) atoms. The molecule has 11 rings (SSSR count). The number of rotatable bonds is 3. The molecule has 0 radical (unpaired) electrons. The van der Waals surface area contributed by atoms with Crippen LogP contribution in [0.25, 0.3) is 76.5 Å². The molecule has 1 nitrogen and oxygen atoms in total. The zero-order valence-electron chi connectivity index (χ0n) is 27.3. The third kappa shape index (κ3) is 4.15. The van der Waals surface area contributed by atoms with E-state index in [1.807, 2.05) is 11.8 Å². The number of fused-ring (bicyclic) bond motifs is 12. The lowest BCUT2D eigenvalue weighted by Gasteiger charge is -2.19. The Morgan fingerprint density at radius 1 is 0.440 bits per heavy atom. The highest BCUT2D eigenvalue weighted by Gasteiger charge is 2.32. The Bertz CT molecular complexity index is 2890. The summed E-state index contributed by atoms with van der Waals surface area (Å²) in [5.41, 5.74) is 10.1. The van der Waals surface area contributed by atoms with Gasteiger partial charge in [-0.05, 0) is 103 Å². The van der Waals surface area contributed by atoms with E-state index in [0.717, 1.165) is 0 Å². The molecule has 0 bridgehead atoms. The summed E-state index contributed by atoms with van der Waals surface area (Å²) >= 11 is 1.99. The Morgan fingerprint density at radius 3 is 1.90 bits per heavy atom. The van der Waals surface area contributed by atoms with Crippen molar-refractivity contribution >= 4 is 71.5 Å². The summed E-state index contributed by atoms with van der Waals surface area (Å²) in [4.78, 5) is 1.41. The van der Waals surface area contributed by atoms with Gasteiger partial charge in [-0.3, -0.25) is 0 Å². The lowest BCUT2D eigenvalue weighted by atomic mass is 9.87. The maximum absolute atomic E-state index is 2.48. The van der Waals surface area contributed by atoms with Crippen molar-refractivity contribution in [1.82, 2.24) is 4.57 Å². The lowest BCUT2D eigenvalue weighted by Crippen LogP contribution is -2.08. The number of hydrogen-bond donors (Lipinski definition) is 0. The van der Waals surface area contributed by atoms with E-state index in [1.165, 1.54) is 92.5 Å². The highest BCUT2D eigenvalue weighted by molar-refractivity contribution is 8.00. The molecule has 2 aliphatic rings.